The quantitative estimate of drug-likeness (QED) is 0.606. The number of carbonyl (C=O) groups is 1. The zero-order chi connectivity index (χ0) is 19.7. The van der Waals surface area contributed by atoms with Crippen LogP contribution in [-0.2, 0) is 27.7 Å². The number of amides is 1. The maximum Gasteiger partial charge on any atom is 0.236 e. The molecule has 2 rings (SSSR count). The van der Waals surface area contributed by atoms with Gasteiger partial charge in [0.25, 0.3) is 0 Å². The molecular formula is C20H27ClN2O4S. The lowest BCUT2D eigenvalue weighted by atomic mass is 10.1. The van der Waals surface area contributed by atoms with E-state index in [2.05, 4.69) is 5.32 Å². The van der Waals surface area contributed by atoms with E-state index in [-0.39, 0.29) is 30.5 Å². The van der Waals surface area contributed by atoms with E-state index in [0.29, 0.717) is 19.6 Å². The number of carbonyl (C=O) groups excluding carboxylic acids is 1. The SMILES string of the molecule is CS(=O)(=O)CCC(N)C(=O)NCCc1ccc(OCc2ccccc2)cc1.Cl. The summed E-state index contributed by atoms with van der Waals surface area (Å²) in [5.41, 5.74) is 7.88. The number of ether oxygens (including phenoxy) is 1. The fourth-order valence-corrected chi connectivity index (χ4v) is 3.11. The van der Waals surface area contributed by atoms with E-state index in [9.17, 15) is 13.2 Å². The molecule has 0 saturated heterocycles. The summed E-state index contributed by atoms with van der Waals surface area (Å²) in [5, 5.41) is 2.74. The maximum atomic E-state index is 11.9. The Morgan fingerprint density at radius 1 is 1.07 bits per heavy atom. The third kappa shape index (κ3) is 9.21. The third-order valence-electron chi connectivity index (χ3n) is 4.02. The van der Waals surface area contributed by atoms with Crippen molar-refractivity contribution in [3.63, 3.8) is 0 Å². The Bertz CT molecular complexity index is 827. The number of rotatable bonds is 10. The topological polar surface area (TPSA) is 98.5 Å². The molecule has 0 spiro atoms. The van der Waals surface area contributed by atoms with Crippen molar-refractivity contribution in [2.24, 2.45) is 5.73 Å². The molecular weight excluding hydrogens is 400 g/mol. The molecule has 0 aliphatic rings. The summed E-state index contributed by atoms with van der Waals surface area (Å²) in [6.45, 7) is 0.956. The van der Waals surface area contributed by atoms with Gasteiger partial charge >= 0.3 is 0 Å². The van der Waals surface area contributed by atoms with Crippen LogP contribution in [0.1, 0.15) is 17.5 Å². The summed E-state index contributed by atoms with van der Waals surface area (Å²) < 4.78 is 28.0. The monoisotopic (exact) mass is 426 g/mol. The summed E-state index contributed by atoms with van der Waals surface area (Å²) >= 11 is 0. The summed E-state index contributed by atoms with van der Waals surface area (Å²) in [4.78, 5) is 11.9. The molecule has 3 N–H and O–H groups in total. The van der Waals surface area contributed by atoms with Gasteiger partial charge < -0.3 is 15.8 Å². The van der Waals surface area contributed by atoms with Crippen molar-refractivity contribution in [2.45, 2.75) is 25.5 Å². The number of nitrogens with one attached hydrogen (secondary N) is 1. The molecule has 1 atom stereocenters. The fraction of sp³-hybridized carbons (Fsp3) is 0.350. The Kier molecular flexibility index (Phi) is 9.99. The second-order valence-corrected chi connectivity index (χ2v) is 8.74. The van der Waals surface area contributed by atoms with Crippen LogP contribution < -0.4 is 15.8 Å². The van der Waals surface area contributed by atoms with Crippen LogP contribution in [0.5, 0.6) is 5.75 Å². The van der Waals surface area contributed by atoms with Crippen molar-refractivity contribution in [2.75, 3.05) is 18.6 Å². The second kappa shape index (κ2) is 11.7. The highest BCUT2D eigenvalue weighted by atomic mass is 35.5. The highest BCUT2D eigenvalue weighted by Crippen LogP contribution is 2.14. The highest BCUT2D eigenvalue weighted by molar-refractivity contribution is 7.90. The number of sulfone groups is 1. The second-order valence-electron chi connectivity index (χ2n) is 6.48. The number of hydrogen-bond acceptors (Lipinski definition) is 5. The van der Waals surface area contributed by atoms with Gasteiger partial charge in [0.1, 0.15) is 22.2 Å². The van der Waals surface area contributed by atoms with Crippen molar-refractivity contribution in [3.05, 3.63) is 65.7 Å². The highest BCUT2D eigenvalue weighted by Gasteiger charge is 2.15. The van der Waals surface area contributed by atoms with Crippen LogP contribution in [0.25, 0.3) is 0 Å². The number of benzene rings is 2. The standard InChI is InChI=1S/C20H26N2O4S.ClH/c1-27(24,25)14-12-19(21)20(23)22-13-11-16-7-9-18(10-8-16)26-15-17-5-3-2-4-6-17;/h2-10,19H,11-15,21H2,1H3,(H,22,23);1H. The lowest BCUT2D eigenvalue weighted by Gasteiger charge is -2.12. The maximum absolute atomic E-state index is 11.9. The predicted molar refractivity (Wildman–Crippen MR) is 113 cm³/mol. The lowest BCUT2D eigenvalue weighted by Crippen LogP contribution is -2.42. The number of nitrogens with two attached hydrogens (primary N) is 1. The van der Waals surface area contributed by atoms with Crippen molar-refractivity contribution < 1.29 is 17.9 Å². The molecule has 2 aromatic rings. The molecule has 0 saturated carbocycles. The zero-order valence-corrected chi connectivity index (χ0v) is 17.5. The fourth-order valence-electron chi connectivity index (χ4n) is 2.43. The van der Waals surface area contributed by atoms with Crippen molar-refractivity contribution in [1.82, 2.24) is 5.32 Å². The first-order valence-electron chi connectivity index (χ1n) is 8.80. The Morgan fingerprint density at radius 2 is 1.71 bits per heavy atom. The minimum Gasteiger partial charge on any atom is -0.489 e. The molecule has 0 aromatic heterocycles. The van der Waals surface area contributed by atoms with Crippen LogP contribution in [0.15, 0.2) is 54.6 Å². The largest absolute Gasteiger partial charge is 0.489 e. The minimum absolute atomic E-state index is 0. The predicted octanol–water partition coefficient (Wildman–Crippen LogP) is 2.11. The number of hydrogen-bond donors (Lipinski definition) is 2. The van der Waals surface area contributed by atoms with Crippen LogP contribution in [0.2, 0.25) is 0 Å². The third-order valence-corrected chi connectivity index (χ3v) is 5.00. The minimum atomic E-state index is -3.11. The van der Waals surface area contributed by atoms with Gasteiger partial charge in [0.2, 0.25) is 5.91 Å². The summed E-state index contributed by atoms with van der Waals surface area (Å²) in [6.07, 6.45) is 1.91. The first-order chi connectivity index (χ1) is 12.8. The van der Waals surface area contributed by atoms with Crippen LogP contribution in [0.3, 0.4) is 0 Å². The first-order valence-corrected chi connectivity index (χ1v) is 10.9. The molecule has 8 heteroatoms. The average Bonchev–Trinajstić information content (AvgIpc) is 2.65. The van der Waals surface area contributed by atoms with Gasteiger partial charge in [0.15, 0.2) is 0 Å². The molecule has 0 aliphatic heterocycles. The average molecular weight is 427 g/mol. The van der Waals surface area contributed by atoms with Crippen LogP contribution >= 0.6 is 12.4 Å². The van der Waals surface area contributed by atoms with Gasteiger partial charge in [-0.25, -0.2) is 8.42 Å². The van der Waals surface area contributed by atoms with Gasteiger partial charge in [0, 0.05) is 12.8 Å². The van der Waals surface area contributed by atoms with E-state index < -0.39 is 15.9 Å². The first kappa shape index (κ1) is 23.9. The van der Waals surface area contributed by atoms with Gasteiger partial charge in [0.05, 0.1) is 11.8 Å². The zero-order valence-electron chi connectivity index (χ0n) is 15.8. The lowest BCUT2D eigenvalue weighted by molar-refractivity contribution is -0.122. The summed E-state index contributed by atoms with van der Waals surface area (Å²) in [5.74, 6) is 0.363. The van der Waals surface area contributed by atoms with Gasteiger partial charge in [-0.15, -0.1) is 12.4 Å². The summed E-state index contributed by atoms with van der Waals surface area (Å²) in [6, 6.07) is 16.8. The molecule has 6 nitrogen and oxygen atoms in total. The van der Waals surface area contributed by atoms with Gasteiger partial charge in [-0.2, -0.15) is 0 Å². The van der Waals surface area contributed by atoms with E-state index >= 15 is 0 Å². The van der Waals surface area contributed by atoms with Crippen LogP contribution in [0, 0.1) is 0 Å². The van der Waals surface area contributed by atoms with Crippen LogP contribution in [0.4, 0.5) is 0 Å². The molecule has 2 aromatic carbocycles. The molecule has 154 valence electrons. The van der Waals surface area contributed by atoms with Gasteiger partial charge in [-0.1, -0.05) is 42.5 Å². The summed E-state index contributed by atoms with van der Waals surface area (Å²) in [7, 11) is -3.11. The van der Waals surface area contributed by atoms with E-state index in [1.54, 1.807) is 0 Å². The van der Waals surface area contributed by atoms with E-state index in [4.69, 9.17) is 10.5 Å². The molecule has 28 heavy (non-hydrogen) atoms. The van der Waals surface area contributed by atoms with E-state index in [0.717, 1.165) is 23.1 Å². The van der Waals surface area contributed by atoms with E-state index in [1.165, 1.54) is 0 Å². The number of halogens is 1. The van der Waals surface area contributed by atoms with Crippen molar-refractivity contribution in [3.8, 4) is 5.75 Å². The normalized spacial score (nSPS) is 11.9. The molecule has 1 amide bonds. The molecule has 0 bridgehead atoms. The molecule has 1 unspecified atom stereocenters. The Balaban J connectivity index is 0.00000392. The van der Waals surface area contributed by atoms with E-state index in [1.807, 2.05) is 54.6 Å². The smallest absolute Gasteiger partial charge is 0.236 e. The molecule has 0 aliphatic carbocycles. The van der Waals surface area contributed by atoms with Crippen molar-refractivity contribution >= 4 is 28.2 Å². The molecule has 0 fully saturated rings. The van der Waals surface area contributed by atoms with Gasteiger partial charge in [-0.05, 0) is 36.1 Å². The Hall–Kier alpha value is -2.09. The van der Waals surface area contributed by atoms with Crippen LogP contribution in [-0.4, -0.2) is 38.9 Å². The molecule has 0 heterocycles. The molecule has 0 radical (unpaired) electrons. The Morgan fingerprint density at radius 3 is 2.32 bits per heavy atom. The van der Waals surface area contributed by atoms with Gasteiger partial charge in [-0.3, -0.25) is 4.79 Å². The van der Waals surface area contributed by atoms with Crippen molar-refractivity contribution in [1.29, 1.82) is 0 Å². The Labute approximate surface area is 172 Å².